The number of benzene rings is 1. The van der Waals surface area contributed by atoms with Crippen LogP contribution in [0.2, 0.25) is 0 Å². The Morgan fingerprint density at radius 1 is 1.41 bits per heavy atom. The van der Waals surface area contributed by atoms with Crippen molar-refractivity contribution in [2.45, 2.75) is 26.5 Å². The molecular formula is C12H16N4O. The highest BCUT2D eigenvalue weighted by atomic mass is 16.5. The van der Waals surface area contributed by atoms with E-state index in [-0.39, 0.29) is 0 Å². The average Bonchev–Trinajstić information content (AvgIpc) is 2.74. The molecule has 1 aromatic heterocycles. The Morgan fingerprint density at radius 2 is 2.24 bits per heavy atom. The van der Waals surface area contributed by atoms with E-state index in [9.17, 15) is 0 Å². The van der Waals surface area contributed by atoms with Gasteiger partial charge < -0.3 is 15.0 Å². The van der Waals surface area contributed by atoms with Crippen LogP contribution in [0.4, 0.5) is 5.69 Å². The molecule has 1 aromatic carbocycles. The molecule has 0 saturated heterocycles. The summed E-state index contributed by atoms with van der Waals surface area (Å²) in [6, 6.07) is 7.66. The molecule has 0 fully saturated rings. The van der Waals surface area contributed by atoms with Crippen LogP contribution in [-0.2, 0) is 6.61 Å². The van der Waals surface area contributed by atoms with Crippen LogP contribution in [0.5, 0.6) is 5.75 Å². The zero-order valence-corrected chi connectivity index (χ0v) is 10.00. The molecule has 0 aliphatic heterocycles. The van der Waals surface area contributed by atoms with Crippen LogP contribution in [0.3, 0.4) is 0 Å². The van der Waals surface area contributed by atoms with Crippen LogP contribution in [0.25, 0.3) is 0 Å². The first-order chi connectivity index (χ1) is 8.16. The molecule has 0 unspecified atom stereocenters. The van der Waals surface area contributed by atoms with E-state index in [4.69, 9.17) is 10.5 Å². The topological polar surface area (TPSA) is 66.0 Å². The number of rotatable bonds is 4. The summed E-state index contributed by atoms with van der Waals surface area (Å²) >= 11 is 0. The smallest absolute Gasteiger partial charge is 0.171 e. The van der Waals surface area contributed by atoms with E-state index >= 15 is 0 Å². The van der Waals surface area contributed by atoms with E-state index in [1.807, 2.05) is 22.8 Å². The molecule has 1 heterocycles. The Morgan fingerprint density at radius 3 is 2.94 bits per heavy atom. The van der Waals surface area contributed by atoms with Gasteiger partial charge in [-0.15, -0.1) is 10.2 Å². The first-order valence-corrected chi connectivity index (χ1v) is 5.53. The van der Waals surface area contributed by atoms with Gasteiger partial charge in [0.05, 0.1) is 0 Å². The van der Waals surface area contributed by atoms with Crippen LogP contribution in [0.15, 0.2) is 30.6 Å². The fourth-order valence-corrected chi connectivity index (χ4v) is 1.55. The van der Waals surface area contributed by atoms with Gasteiger partial charge in [0.1, 0.15) is 18.7 Å². The Hall–Kier alpha value is -2.04. The first kappa shape index (κ1) is 11.4. The predicted molar refractivity (Wildman–Crippen MR) is 65.6 cm³/mol. The lowest BCUT2D eigenvalue weighted by atomic mass is 10.3. The van der Waals surface area contributed by atoms with Crippen LogP contribution in [0, 0.1) is 0 Å². The van der Waals surface area contributed by atoms with Gasteiger partial charge in [0.2, 0.25) is 0 Å². The summed E-state index contributed by atoms with van der Waals surface area (Å²) in [5.41, 5.74) is 6.36. The molecule has 2 N–H and O–H groups in total. The summed E-state index contributed by atoms with van der Waals surface area (Å²) in [4.78, 5) is 0. The van der Waals surface area contributed by atoms with Crippen molar-refractivity contribution in [2.75, 3.05) is 5.73 Å². The largest absolute Gasteiger partial charge is 0.486 e. The molecule has 0 atom stereocenters. The van der Waals surface area contributed by atoms with Crippen molar-refractivity contribution < 1.29 is 4.74 Å². The van der Waals surface area contributed by atoms with Crippen molar-refractivity contribution in [3.8, 4) is 5.75 Å². The van der Waals surface area contributed by atoms with Gasteiger partial charge in [0.25, 0.3) is 0 Å². The van der Waals surface area contributed by atoms with Gasteiger partial charge in [-0.2, -0.15) is 0 Å². The minimum atomic E-state index is 0.324. The van der Waals surface area contributed by atoms with E-state index in [0.717, 1.165) is 11.6 Å². The van der Waals surface area contributed by atoms with Crippen LogP contribution >= 0.6 is 0 Å². The maximum atomic E-state index is 5.67. The van der Waals surface area contributed by atoms with E-state index in [1.54, 1.807) is 12.4 Å². The van der Waals surface area contributed by atoms with Gasteiger partial charge >= 0.3 is 0 Å². The highest BCUT2D eigenvalue weighted by Gasteiger charge is 2.07. The number of nitrogens with zero attached hydrogens (tertiary/aromatic N) is 3. The van der Waals surface area contributed by atoms with Gasteiger partial charge in [0, 0.05) is 17.8 Å². The Labute approximate surface area is 100 Å². The van der Waals surface area contributed by atoms with Gasteiger partial charge in [-0.05, 0) is 26.0 Å². The molecule has 0 saturated carbocycles. The van der Waals surface area contributed by atoms with Crippen molar-refractivity contribution in [2.24, 2.45) is 0 Å². The van der Waals surface area contributed by atoms with Crippen molar-refractivity contribution in [3.05, 3.63) is 36.4 Å². The van der Waals surface area contributed by atoms with Gasteiger partial charge in [-0.25, -0.2) is 0 Å². The molecule has 5 heteroatoms. The highest BCUT2D eigenvalue weighted by Crippen LogP contribution is 2.16. The van der Waals surface area contributed by atoms with Crippen LogP contribution in [0.1, 0.15) is 25.7 Å². The summed E-state index contributed by atoms with van der Waals surface area (Å²) in [5, 5.41) is 7.91. The lowest BCUT2D eigenvalue weighted by Crippen LogP contribution is -2.08. The molecule has 90 valence electrons. The van der Waals surface area contributed by atoms with Crippen molar-refractivity contribution in [3.63, 3.8) is 0 Å². The maximum absolute atomic E-state index is 5.67. The quantitative estimate of drug-likeness (QED) is 0.819. The Balaban J connectivity index is 2.05. The number of nitrogen functional groups attached to an aromatic ring is 1. The zero-order valence-electron chi connectivity index (χ0n) is 10.00. The number of nitrogens with two attached hydrogens (primary N) is 1. The summed E-state index contributed by atoms with van der Waals surface area (Å²) in [6.45, 7) is 4.54. The molecule has 0 aliphatic carbocycles. The molecule has 0 spiro atoms. The van der Waals surface area contributed by atoms with Gasteiger partial charge in [-0.1, -0.05) is 6.07 Å². The number of ether oxygens (including phenoxy) is 1. The van der Waals surface area contributed by atoms with E-state index in [0.29, 0.717) is 18.3 Å². The second-order valence-electron chi connectivity index (χ2n) is 4.11. The standard InChI is InChI=1S/C12H16N4O/c1-9(2)16-8-14-15-12(16)7-17-11-5-3-4-10(13)6-11/h3-6,8-9H,7,13H2,1-2H3. The van der Waals surface area contributed by atoms with Crippen LogP contribution < -0.4 is 10.5 Å². The zero-order chi connectivity index (χ0) is 12.3. The maximum Gasteiger partial charge on any atom is 0.171 e. The first-order valence-electron chi connectivity index (χ1n) is 5.53. The summed E-state index contributed by atoms with van der Waals surface area (Å²) in [6.07, 6.45) is 1.71. The minimum Gasteiger partial charge on any atom is -0.486 e. The predicted octanol–water partition coefficient (Wildman–Crippen LogP) is 2.02. The molecule has 17 heavy (non-hydrogen) atoms. The van der Waals surface area contributed by atoms with E-state index < -0.39 is 0 Å². The monoisotopic (exact) mass is 232 g/mol. The number of anilines is 1. The second-order valence-corrected chi connectivity index (χ2v) is 4.11. The third kappa shape index (κ3) is 2.75. The van der Waals surface area contributed by atoms with Crippen LogP contribution in [-0.4, -0.2) is 14.8 Å². The highest BCUT2D eigenvalue weighted by molar-refractivity contribution is 5.43. The lowest BCUT2D eigenvalue weighted by molar-refractivity contribution is 0.286. The minimum absolute atomic E-state index is 0.324. The molecular weight excluding hydrogens is 216 g/mol. The van der Waals surface area contributed by atoms with Crippen molar-refractivity contribution in [1.29, 1.82) is 0 Å². The third-order valence-corrected chi connectivity index (χ3v) is 2.43. The number of hydrogen-bond donors (Lipinski definition) is 1. The summed E-state index contributed by atoms with van der Waals surface area (Å²) < 4.78 is 7.60. The molecule has 0 aliphatic rings. The fraction of sp³-hybridized carbons (Fsp3) is 0.333. The van der Waals surface area contributed by atoms with E-state index in [1.165, 1.54) is 0 Å². The molecule has 0 bridgehead atoms. The van der Waals surface area contributed by atoms with Crippen molar-refractivity contribution >= 4 is 5.69 Å². The van der Waals surface area contributed by atoms with Crippen molar-refractivity contribution in [1.82, 2.24) is 14.8 Å². The average molecular weight is 232 g/mol. The normalized spacial score (nSPS) is 10.8. The fourth-order valence-electron chi connectivity index (χ4n) is 1.55. The third-order valence-electron chi connectivity index (χ3n) is 2.43. The Bertz CT molecular complexity index is 493. The summed E-state index contributed by atoms with van der Waals surface area (Å²) in [7, 11) is 0. The molecule has 2 aromatic rings. The van der Waals surface area contributed by atoms with E-state index in [2.05, 4.69) is 24.0 Å². The molecule has 0 amide bonds. The number of hydrogen-bond acceptors (Lipinski definition) is 4. The van der Waals surface area contributed by atoms with Gasteiger partial charge in [0.15, 0.2) is 5.82 Å². The SMILES string of the molecule is CC(C)n1cnnc1COc1cccc(N)c1. The molecule has 0 radical (unpaired) electrons. The second kappa shape index (κ2) is 4.86. The Kier molecular flexibility index (Phi) is 3.27. The lowest BCUT2D eigenvalue weighted by Gasteiger charge is -2.11. The summed E-state index contributed by atoms with van der Waals surface area (Å²) in [5.74, 6) is 1.55. The molecule has 5 nitrogen and oxygen atoms in total. The number of aromatic nitrogens is 3. The molecule has 2 rings (SSSR count). The van der Waals surface area contributed by atoms with Gasteiger partial charge in [-0.3, -0.25) is 0 Å².